The van der Waals surface area contributed by atoms with Crippen molar-refractivity contribution in [2.45, 2.75) is 51.5 Å². The molecule has 2 aromatic rings. The molecule has 1 fully saturated rings. The second kappa shape index (κ2) is 5.77. The molecule has 1 aromatic heterocycles. The molecule has 20 heavy (non-hydrogen) atoms. The van der Waals surface area contributed by atoms with E-state index in [4.69, 9.17) is 16.6 Å². The third kappa shape index (κ3) is 2.35. The fourth-order valence-electron chi connectivity index (χ4n) is 3.80. The van der Waals surface area contributed by atoms with E-state index in [1.165, 1.54) is 31.2 Å². The molecule has 2 nitrogen and oxygen atoms in total. The number of fused-ring (bicyclic) bond motifs is 1. The van der Waals surface area contributed by atoms with Gasteiger partial charge in [0.15, 0.2) is 0 Å². The fourth-order valence-corrected chi connectivity index (χ4v) is 3.99. The number of imidazole rings is 1. The number of nitrogens with zero attached hydrogens (tertiary/aromatic N) is 2. The minimum Gasteiger partial charge on any atom is -0.324 e. The molecular weight excluding hydrogens is 268 g/mol. The Hall–Kier alpha value is -1.02. The van der Waals surface area contributed by atoms with Crippen LogP contribution in [0.15, 0.2) is 24.3 Å². The summed E-state index contributed by atoms with van der Waals surface area (Å²) in [7, 11) is 0. The number of hydrogen-bond acceptors (Lipinski definition) is 1. The molecule has 0 amide bonds. The summed E-state index contributed by atoms with van der Waals surface area (Å²) in [5.41, 5.74) is 2.33. The van der Waals surface area contributed by atoms with Gasteiger partial charge in [-0.05, 0) is 36.8 Å². The summed E-state index contributed by atoms with van der Waals surface area (Å²) in [5.74, 6) is 2.98. The molecule has 0 aliphatic heterocycles. The van der Waals surface area contributed by atoms with Gasteiger partial charge < -0.3 is 4.57 Å². The minimum atomic E-state index is 0.496. The highest BCUT2D eigenvalue weighted by Gasteiger charge is 2.31. The predicted molar refractivity (Wildman–Crippen MR) is 85.1 cm³/mol. The number of para-hydroxylation sites is 2. The topological polar surface area (TPSA) is 17.8 Å². The summed E-state index contributed by atoms with van der Waals surface area (Å²) in [6.07, 6.45) is 5.27. The number of rotatable bonds is 3. The van der Waals surface area contributed by atoms with Crippen LogP contribution in [0.3, 0.4) is 0 Å². The van der Waals surface area contributed by atoms with Crippen LogP contribution in [0.2, 0.25) is 0 Å². The Morgan fingerprint density at radius 2 is 2.00 bits per heavy atom. The van der Waals surface area contributed by atoms with E-state index in [1.807, 2.05) is 0 Å². The van der Waals surface area contributed by atoms with Crippen LogP contribution in [0.25, 0.3) is 11.0 Å². The van der Waals surface area contributed by atoms with Crippen molar-refractivity contribution >= 4 is 22.6 Å². The van der Waals surface area contributed by atoms with Crippen molar-refractivity contribution < 1.29 is 0 Å². The van der Waals surface area contributed by atoms with Crippen molar-refractivity contribution in [1.29, 1.82) is 0 Å². The van der Waals surface area contributed by atoms with Gasteiger partial charge in [-0.15, -0.1) is 11.6 Å². The lowest BCUT2D eigenvalue weighted by atomic mass is 9.77. The van der Waals surface area contributed by atoms with Gasteiger partial charge in [0.1, 0.15) is 5.82 Å². The summed E-state index contributed by atoms with van der Waals surface area (Å²) in [6.45, 7) is 4.70. The van der Waals surface area contributed by atoms with Crippen LogP contribution in [0.4, 0.5) is 0 Å². The van der Waals surface area contributed by atoms with Gasteiger partial charge in [-0.3, -0.25) is 0 Å². The first kappa shape index (κ1) is 13.9. The van der Waals surface area contributed by atoms with Crippen LogP contribution in [0.1, 0.15) is 51.4 Å². The largest absolute Gasteiger partial charge is 0.324 e. The second-order valence-electron chi connectivity index (χ2n) is 6.28. The first-order valence-electron chi connectivity index (χ1n) is 7.74. The maximum Gasteiger partial charge on any atom is 0.125 e. The van der Waals surface area contributed by atoms with E-state index in [1.54, 1.807) is 0 Å². The van der Waals surface area contributed by atoms with Crippen LogP contribution < -0.4 is 0 Å². The van der Waals surface area contributed by atoms with Crippen LogP contribution in [-0.2, 0) is 5.88 Å². The van der Waals surface area contributed by atoms with E-state index < -0.39 is 0 Å². The Balaban J connectivity index is 2.11. The molecule has 0 radical (unpaired) electrons. The molecular formula is C17H23ClN2. The molecule has 1 aliphatic rings. The Morgan fingerprint density at radius 1 is 1.25 bits per heavy atom. The van der Waals surface area contributed by atoms with Gasteiger partial charge in [0.25, 0.3) is 0 Å². The van der Waals surface area contributed by atoms with E-state index in [9.17, 15) is 0 Å². The summed E-state index contributed by atoms with van der Waals surface area (Å²) >= 11 is 6.17. The normalized spacial score (nSPS) is 23.6. The minimum absolute atomic E-state index is 0.496. The maximum absolute atomic E-state index is 6.17. The SMILES string of the molecule is CC(C)C1CCCCC1n1c(CCl)nc2ccccc21. The first-order chi connectivity index (χ1) is 9.72. The van der Waals surface area contributed by atoms with Gasteiger partial charge in [-0.1, -0.05) is 38.8 Å². The molecule has 2 unspecified atom stereocenters. The van der Waals surface area contributed by atoms with E-state index in [0.29, 0.717) is 17.8 Å². The summed E-state index contributed by atoms with van der Waals surface area (Å²) in [5, 5.41) is 0. The number of halogens is 1. The molecule has 1 aromatic carbocycles. The van der Waals surface area contributed by atoms with E-state index >= 15 is 0 Å². The zero-order chi connectivity index (χ0) is 14.1. The third-order valence-electron chi connectivity index (χ3n) is 4.76. The van der Waals surface area contributed by atoms with Gasteiger partial charge >= 0.3 is 0 Å². The standard InChI is InChI=1S/C17H23ClN2/c1-12(2)13-7-3-5-9-15(13)20-16-10-6-4-8-14(16)19-17(20)11-18/h4,6,8,10,12-13,15H,3,5,7,9,11H2,1-2H3. The summed E-state index contributed by atoms with van der Waals surface area (Å²) in [4.78, 5) is 4.73. The number of alkyl halides is 1. The Morgan fingerprint density at radius 3 is 2.75 bits per heavy atom. The highest BCUT2D eigenvalue weighted by Crippen LogP contribution is 2.40. The van der Waals surface area contributed by atoms with Crippen molar-refractivity contribution in [2.75, 3.05) is 0 Å². The van der Waals surface area contributed by atoms with Crippen LogP contribution >= 0.6 is 11.6 Å². The Bertz CT molecular complexity index is 588. The maximum atomic E-state index is 6.17. The molecule has 2 atom stereocenters. The number of hydrogen-bond donors (Lipinski definition) is 0. The lowest BCUT2D eigenvalue weighted by Crippen LogP contribution is -2.28. The molecule has 1 saturated carbocycles. The highest BCUT2D eigenvalue weighted by molar-refractivity contribution is 6.16. The van der Waals surface area contributed by atoms with Crippen molar-refractivity contribution in [1.82, 2.24) is 9.55 Å². The predicted octanol–water partition coefficient (Wildman–Crippen LogP) is 5.16. The Kier molecular flexibility index (Phi) is 4.02. The third-order valence-corrected chi connectivity index (χ3v) is 5.00. The lowest BCUT2D eigenvalue weighted by Gasteiger charge is -2.36. The van der Waals surface area contributed by atoms with E-state index in [2.05, 4.69) is 42.7 Å². The molecule has 0 spiro atoms. The van der Waals surface area contributed by atoms with Crippen molar-refractivity contribution in [3.8, 4) is 0 Å². The smallest absolute Gasteiger partial charge is 0.125 e. The number of aromatic nitrogens is 2. The van der Waals surface area contributed by atoms with Crippen molar-refractivity contribution in [2.24, 2.45) is 11.8 Å². The second-order valence-corrected chi connectivity index (χ2v) is 6.55. The summed E-state index contributed by atoms with van der Waals surface area (Å²) in [6, 6.07) is 8.99. The van der Waals surface area contributed by atoms with Crippen LogP contribution in [0.5, 0.6) is 0 Å². The van der Waals surface area contributed by atoms with E-state index in [0.717, 1.165) is 17.3 Å². The molecule has 0 bridgehead atoms. The van der Waals surface area contributed by atoms with Gasteiger partial charge in [0.2, 0.25) is 0 Å². The molecule has 1 aliphatic carbocycles. The van der Waals surface area contributed by atoms with E-state index in [-0.39, 0.29) is 0 Å². The lowest BCUT2D eigenvalue weighted by molar-refractivity contribution is 0.185. The summed E-state index contributed by atoms with van der Waals surface area (Å²) < 4.78 is 2.44. The zero-order valence-electron chi connectivity index (χ0n) is 12.3. The molecule has 3 rings (SSSR count). The van der Waals surface area contributed by atoms with Crippen LogP contribution in [0, 0.1) is 11.8 Å². The van der Waals surface area contributed by atoms with Crippen molar-refractivity contribution in [3.05, 3.63) is 30.1 Å². The molecule has 3 heteroatoms. The Labute approximate surface area is 126 Å². The van der Waals surface area contributed by atoms with Gasteiger partial charge in [-0.2, -0.15) is 0 Å². The van der Waals surface area contributed by atoms with Gasteiger partial charge in [-0.25, -0.2) is 4.98 Å². The average molecular weight is 291 g/mol. The fraction of sp³-hybridized carbons (Fsp3) is 0.588. The molecule has 0 N–H and O–H groups in total. The first-order valence-corrected chi connectivity index (χ1v) is 8.27. The average Bonchev–Trinajstić information content (AvgIpc) is 2.85. The van der Waals surface area contributed by atoms with Gasteiger partial charge in [0, 0.05) is 6.04 Å². The highest BCUT2D eigenvalue weighted by atomic mass is 35.5. The number of benzene rings is 1. The molecule has 0 saturated heterocycles. The zero-order valence-corrected chi connectivity index (χ0v) is 13.1. The van der Waals surface area contributed by atoms with Crippen molar-refractivity contribution in [3.63, 3.8) is 0 Å². The van der Waals surface area contributed by atoms with Gasteiger partial charge in [0.05, 0.1) is 16.9 Å². The quantitative estimate of drug-likeness (QED) is 0.714. The monoisotopic (exact) mass is 290 g/mol. The molecule has 1 heterocycles. The van der Waals surface area contributed by atoms with Crippen LogP contribution in [-0.4, -0.2) is 9.55 Å². The molecule has 108 valence electrons.